The molecule has 1 aliphatic rings. The van der Waals surface area contributed by atoms with Crippen LogP contribution in [0.1, 0.15) is 48.4 Å². The molecule has 0 heterocycles. The Bertz CT molecular complexity index is 456. The Kier molecular flexibility index (Phi) is 4.48. The number of ether oxygens (including phenoxy) is 1. The molecule has 0 aliphatic heterocycles. The third-order valence-corrected chi connectivity index (χ3v) is 3.86. The summed E-state index contributed by atoms with van der Waals surface area (Å²) in [6.07, 6.45) is 3.47. The van der Waals surface area contributed by atoms with Gasteiger partial charge < -0.3 is 15.2 Å². The van der Waals surface area contributed by atoms with Crippen molar-refractivity contribution >= 4 is 0 Å². The topological polar surface area (TPSA) is 41.5 Å². The maximum absolute atomic E-state index is 10.1. The van der Waals surface area contributed by atoms with E-state index in [0.29, 0.717) is 18.3 Å². The molecule has 2 atom stereocenters. The Morgan fingerprint density at radius 2 is 2.26 bits per heavy atom. The lowest BCUT2D eigenvalue weighted by Crippen LogP contribution is -2.21. The maximum Gasteiger partial charge on any atom is 0.120 e. The molecule has 19 heavy (non-hydrogen) atoms. The van der Waals surface area contributed by atoms with Crippen molar-refractivity contribution in [2.45, 2.75) is 38.6 Å². The number of nitrogens with one attached hydrogen (secondary N) is 1. The highest BCUT2D eigenvalue weighted by atomic mass is 16.5. The van der Waals surface area contributed by atoms with Crippen LogP contribution in [-0.2, 0) is 4.74 Å². The van der Waals surface area contributed by atoms with E-state index >= 15 is 0 Å². The Labute approximate surface area is 115 Å². The van der Waals surface area contributed by atoms with Gasteiger partial charge in [-0.2, -0.15) is 0 Å². The number of phenolic OH excluding ortho intramolecular Hbond substituents is 1. The van der Waals surface area contributed by atoms with Crippen molar-refractivity contribution in [1.82, 2.24) is 5.32 Å². The van der Waals surface area contributed by atoms with Crippen molar-refractivity contribution in [3.8, 4) is 5.75 Å². The molecule has 0 fully saturated rings. The fourth-order valence-electron chi connectivity index (χ4n) is 3.04. The Morgan fingerprint density at radius 1 is 1.47 bits per heavy atom. The first-order chi connectivity index (χ1) is 9.15. The van der Waals surface area contributed by atoms with Crippen molar-refractivity contribution in [2.24, 2.45) is 0 Å². The van der Waals surface area contributed by atoms with Gasteiger partial charge in [0.2, 0.25) is 0 Å². The molecule has 0 radical (unpaired) electrons. The maximum atomic E-state index is 10.1. The molecule has 0 spiro atoms. The number of aromatic hydroxyl groups is 1. The molecule has 0 saturated carbocycles. The SMILES string of the molecule is C=COCCCNC1CC(C)c2c(C)ccc(O)c21. The van der Waals surface area contributed by atoms with Crippen LogP contribution in [0, 0.1) is 6.92 Å². The Balaban J connectivity index is 2.03. The van der Waals surface area contributed by atoms with E-state index in [1.165, 1.54) is 17.4 Å². The molecule has 0 bridgehead atoms. The average molecular weight is 261 g/mol. The summed E-state index contributed by atoms with van der Waals surface area (Å²) in [4.78, 5) is 0. The van der Waals surface area contributed by atoms with Crippen LogP contribution in [0.2, 0.25) is 0 Å². The number of rotatable bonds is 6. The van der Waals surface area contributed by atoms with Crippen LogP contribution in [0.4, 0.5) is 0 Å². The van der Waals surface area contributed by atoms with E-state index in [1.54, 1.807) is 0 Å². The monoisotopic (exact) mass is 261 g/mol. The predicted molar refractivity (Wildman–Crippen MR) is 77.4 cm³/mol. The zero-order valence-corrected chi connectivity index (χ0v) is 11.8. The number of aryl methyl sites for hydroxylation is 1. The van der Waals surface area contributed by atoms with Crippen LogP contribution in [0.3, 0.4) is 0 Å². The summed E-state index contributed by atoms with van der Waals surface area (Å²) < 4.78 is 5.11. The molecular formula is C16H23NO2. The predicted octanol–water partition coefficient (Wildman–Crippen LogP) is 3.39. The molecule has 1 aliphatic carbocycles. The van der Waals surface area contributed by atoms with Crippen molar-refractivity contribution < 1.29 is 9.84 Å². The van der Waals surface area contributed by atoms with Crippen LogP contribution in [0.15, 0.2) is 25.0 Å². The highest BCUT2D eigenvalue weighted by Crippen LogP contribution is 2.45. The summed E-state index contributed by atoms with van der Waals surface area (Å²) in [7, 11) is 0. The minimum Gasteiger partial charge on any atom is -0.508 e. The lowest BCUT2D eigenvalue weighted by atomic mass is 9.97. The third kappa shape index (κ3) is 2.92. The molecule has 2 N–H and O–H groups in total. The van der Waals surface area contributed by atoms with E-state index in [-0.39, 0.29) is 6.04 Å². The van der Waals surface area contributed by atoms with Gasteiger partial charge in [-0.05, 0) is 49.4 Å². The fourth-order valence-corrected chi connectivity index (χ4v) is 3.04. The molecule has 104 valence electrons. The van der Waals surface area contributed by atoms with Gasteiger partial charge in [-0.3, -0.25) is 0 Å². The molecule has 3 heteroatoms. The van der Waals surface area contributed by atoms with Gasteiger partial charge in [0.25, 0.3) is 0 Å². The molecule has 0 saturated heterocycles. The Hall–Kier alpha value is -1.48. The molecular weight excluding hydrogens is 238 g/mol. The normalized spacial score (nSPS) is 21.2. The van der Waals surface area contributed by atoms with Gasteiger partial charge in [-0.1, -0.05) is 19.6 Å². The fraction of sp³-hybridized carbons (Fsp3) is 0.500. The van der Waals surface area contributed by atoms with Gasteiger partial charge in [0, 0.05) is 11.6 Å². The van der Waals surface area contributed by atoms with E-state index in [9.17, 15) is 5.11 Å². The Morgan fingerprint density at radius 3 is 3.00 bits per heavy atom. The standard InChI is InChI=1S/C16H23NO2/c1-4-19-9-5-8-17-13-10-12(3)15-11(2)6-7-14(18)16(13)15/h4,6-7,12-13,17-18H,1,5,8-10H2,2-3H3. The molecule has 0 amide bonds. The van der Waals surface area contributed by atoms with Gasteiger partial charge in [0.1, 0.15) is 5.75 Å². The molecule has 1 aromatic rings. The van der Waals surface area contributed by atoms with E-state index < -0.39 is 0 Å². The van der Waals surface area contributed by atoms with Crippen molar-refractivity contribution in [1.29, 1.82) is 0 Å². The van der Waals surface area contributed by atoms with Gasteiger partial charge in [-0.15, -0.1) is 0 Å². The van der Waals surface area contributed by atoms with E-state index in [2.05, 4.69) is 25.7 Å². The second-order valence-electron chi connectivity index (χ2n) is 5.26. The number of fused-ring (bicyclic) bond motifs is 1. The van der Waals surface area contributed by atoms with Crippen molar-refractivity contribution in [2.75, 3.05) is 13.2 Å². The number of phenols is 1. The van der Waals surface area contributed by atoms with E-state index in [0.717, 1.165) is 24.9 Å². The van der Waals surface area contributed by atoms with Crippen LogP contribution in [0.25, 0.3) is 0 Å². The van der Waals surface area contributed by atoms with Gasteiger partial charge in [0.15, 0.2) is 0 Å². The lowest BCUT2D eigenvalue weighted by molar-refractivity contribution is 0.242. The van der Waals surface area contributed by atoms with Gasteiger partial charge in [-0.25, -0.2) is 0 Å². The smallest absolute Gasteiger partial charge is 0.120 e. The number of benzene rings is 1. The second kappa shape index (κ2) is 6.11. The van der Waals surface area contributed by atoms with Gasteiger partial charge >= 0.3 is 0 Å². The molecule has 1 aromatic carbocycles. The molecule has 0 aromatic heterocycles. The van der Waals surface area contributed by atoms with Crippen LogP contribution < -0.4 is 5.32 Å². The summed E-state index contributed by atoms with van der Waals surface area (Å²) in [5, 5.41) is 13.6. The van der Waals surface area contributed by atoms with Crippen LogP contribution >= 0.6 is 0 Å². The lowest BCUT2D eigenvalue weighted by Gasteiger charge is -2.15. The second-order valence-corrected chi connectivity index (χ2v) is 5.26. The zero-order valence-electron chi connectivity index (χ0n) is 11.8. The summed E-state index contributed by atoms with van der Waals surface area (Å²) in [6.45, 7) is 9.44. The first-order valence-corrected chi connectivity index (χ1v) is 6.93. The molecule has 3 nitrogen and oxygen atoms in total. The first kappa shape index (κ1) is 13.9. The minimum atomic E-state index is 0.258. The zero-order chi connectivity index (χ0) is 13.8. The highest BCUT2D eigenvalue weighted by Gasteiger charge is 2.31. The van der Waals surface area contributed by atoms with Crippen LogP contribution in [-0.4, -0.2) is 18.3 Å². The summed E-state index contributed by atoms with van der Waals surface area (Å²) in [5.74, 6) is 0.925. The third-order valence-electron chi connectivity index (χ3n) is 3.86. The van der Waals surface area contributed by atoms with Crippen molar-refractivity contribution in [3.63, 3.8) is 0 Å². The summed E-state index contributed by atoms with van der Waals surface area (Å²) in [5.41, 5.74) is 3.69. The van der Waals surface area contributed by atoms with Gasteiger partial charge in [0.05, 0.1) is 12.9 Å². The quantitative estimate of drug-likeness (QED) is 0.609. The van der Waals surface area contributed by atoms with E-state index in [1.807, 2.05) is 12.1 Å². The molecule has 2 unspecified atom stereocenters. The highest BCUT2D eigenvalue weighted by molar-refractivity contribution is 5.50. The number of hydrogen-bond donors (Lipinski definition) is 2. The summed E-state index contributed by atoms with van der Waals surface area (Å²) >= 11 is 0. The first-order valence-electron chi connectivity index (χ1n) is 6.93. The average Bonchev–Trinajstić information content (AvgIpc) is 2.72. The van der Waals surface area contributed by atoms with E-state index in [4.69, 9.17) is 4.74 Å². The largest absolute Gasteiger partial charge is 0.508 e. The van der Waals surface area contributed by atoms with Crippen molar-refractivity contribution in [3.05, 3.63) is 41.7 Å². The minimum absolute atomic E-state index is 0.258. The summed E-state index contributed by atoms with van der Waals surface area (Å²) in [6, 6.07) is 4.07. The van der Waals surface area contributed by atoms with Crippen LogP contribution in [0.5, 0.6) is 5.75 Å². The molecule has 2 rings (SSSR count). The number of hydrogen-bond acceptors (Lipinski definition) is 3.